The summed E-state index contributed by atoms with van der Waals surface area (Å²) in [6.45, 7) is 5.98. The summed E-state index contributed by atoms with van der Waals surface area (Å²) in [6.07, 6.45) is 1.70. The molecule has 0 fully saturated rings. The fourth-order valence-corrected chi connectivity index (χ4v) is 2.98. The highest BCUT2D eigenvalue weighted by atomic mass is 32.2. The topological polar surface area (TPSA) is 72.2 Å². The van der Waals surface area contributed by atoms with Gasteiger partial charge in [0, 0.05) is 6.04 Å². The van der Waals surface area contributed by atoms with Gasteiger partial charge in [-0.2, -0.15) is 0 Å². The maximum absolute atomic E-state index is 13.0. The molecule has 4 nitrogen and oxygen atoms in total. The minimum Gasteiger partial charge on any atom is -0.396 e. The molecule has 0 bridgehead atoms. The minimum atomic E-state index is -3.64. The molecule has 1 aromatic rings. The van der Waals surface area contributed by atoms with Crippen molar-refractivity contribution in [1.29, 1.82) is 0 Å². The third-order valence-corrected chi connectivity index (χ3v) is 4.40. The van der Waals surface area contributed by atoms with Crippen LogP contribution in [0.1, 0.15) is 33.6 Å². The molecule has 0 radical (unpaired) electrons. The van der Waals surface area contributed by atoms with Crippen LogP contribution >= 0.6 is 0 Å². The van der Waals surface area contributed by atoms with E-state index < -0.39 is 15.8 Å². The molecule has 6 heteroatoms. The van der Waals surface area contributed by atoms with E-state index in [1.807, 2.05) is 6.92 Å². The van der Waals surface area contributed by atoms with Crippen molar-refractivity contribution in [1.82, 2.24) is 4.72 Å². The normalized spacial score (nSPS) is 13.7. The Hall–Kier alpha value is -1.14. The third kappa shape index (κ3) is 4.80. The van der Waals surface area contributed by atoms with Gasteiger partial charge in [-0.3, -0.25) is 0 Å². The number of nitrogens with two attached hydrogens (primary N) is 1. The highest BCUT2D eigenvalue weighted by Crippen LogP contribution is 2.17. The van der Waals surface area contributed by atoms with E-state index in [2.05, 4.69) is 18.6 Å². The lowest BCUT2D eigenvalue weighted by Crippen LogP contribution is -2.32. The average molecular weight is 288 g/mol. The number of hydrogen-bond donors (Lipinski definition) is 2. The van der Waals surface area contributed by atoms with Crippen LogP contribution in [0.15, 0.2) is 23.1 Å². The van der Waals surface area contributed by atoms with Gasteiger partial charge in [-0.05, 0) is 43.9 Å². The summed E-state index contributed by atoms with van der Waals surface area (Å²) in [4.78, 5) is -0.0113. The van der Waals surface area contributed by atoms with Crippen molar-refractivity contribution in [3.05, 3.63) is 24.0 Å². The monoisotopic (exact) mass is 288 g/mol. The Kier molecular flexibility index (Phi) is 5.31. The van der Waals surface area contributed by atoms with E-state index in [-0.39, 0.29) is 16.6 Å². The van der Waals surface area contributed by atoms with Crippen LogP contribution in [0.4, 0.5) is 10.1 Å². The number of benzene rings is 1. The van der Waals surface area contributed by atoms with Gasteiger partial charge in [0.05, 0.1) is 10.6 Å². The molecule has 3 N–H and O–H groups in total. The van der Waals surface area contributed by atoms with Gasteiger partial charge >= 0.3 is 0 Å². The quantitative estimate of drug-likeness (QED) is 0.790. The summed E-state index contributed by atoms with van der Waals surface area (Å²) in [5.74, 6) is -0.0970. The summed E-state index contributed by atoms with van der Waals surface area (Å²) >= 11 is 0. The molecule has 0 saturated heterocycles. The Bertz CT molecular complexity index is 529. The maximum atomic E-state index is 13.0. The van der Waals surface area contributed by atoms with Gasteiger partial charge in [-0.1, -0.05) is 13.8 Å². The lowest BCUT2D eigenvalue weighted by atomic mass is 10.1. The maximum Gasteiger partial charge on any atom is 0.240 e. The predicted molar refractivity (Wildman–Crippen MR) is 74.7 cm³/mol. The summed E-state index contributed by atoms with van der Waals surface area (Å²) in [5.41, 5.74) is 5.21. The number of hydrogen-bond acceptors (Lipinski definition) is 3. The van der Waals surface area contributed by atoms with E-state index >= 15 is 0 Å². The Morgan fingerprint density at radius 2 is 1.89 bits per heavy atom. The first kappa shape index (κ1) is 15.9. The van der Waals surface area contributed by atoms with Gasteiger partial charge in [-0.25, -0.2) is 17.5 Å². The molecule has 108 valence electrons. The largest absolute Gasteiger partial charge is 0.396 e. The lowest BCUT2D eigenvalue weighted by molar-refractivity contribution is 0.485. The number of sulfonamides is 1. The summed E-state index contributed by atoms with van der Waals surface area (Å²) in [6, 6.07) is 3.23. The number of anilines is 1. The van der Waals surface area contributed by atoms with Gasteiger partial charge in [0.2, 0.25) is 10.0 Å². The van der Waals surface area contributed by atoms with E-state index in [1.165, 1.54) is 6.07 Å². The first-order chi connectivity index (χ1) is 8.72. The van der Waals surface area contributed by atoms with Gasteiger partial charge in [-0.15, -0.1) is 0 Å². The minimum absolute atomic E-state index is 0.0113. The predicted octanol–water partition coefficient (Wildman–Crippen LogP) is 2.51. The molecule has 0 aromatic heterocycles. The van der Waals surface area contributed by atoms with Crippen LogP contribution in [0, 0.1) is 11.7 Å². The highest BCUT2D eigenvalue weighted by Gasteiger charge is 2.18. The SMILES string of the molecule is CC(C)CCC(C)NS(=O)(=O)c1ccc(F)c(N)c1. The Labute approximate surface area is 114 Å². The fourth-order valence-electron chi connectivity index (χ4n) is 1.66. The van der Waals surface area contributed by atoms with E-state index in [0.29, 0.717) is 5.92 Å². The van der Waals surface area contributed by atoms with Gasteiger partial charge in [0.25, 0.3) is 0 Å². The molecule has 0 aliphatic heterocycles. The van der Waals surface area contributed by atoms with Crippen molar-refractivity contribution in [2.45, 2.75) is 44.6 Å². The molecule has 1 rings (SSSR count). The van der Waals surface area contributed by atoms with Crippen LogP contribution < -0.4 is 10.5 Å². The van der Waals surface area contributed by atoms with Crippen molar-refractivity contribution in [2.24, 2.45) is 5.92 Å². The van der Waals surface area contributed by atoms with Crippen molar-refractivity contribution in [3.8, 4) is 0 Å². The van der Waals surface area contributed by atoms with Crippen LogP contribution in [0.3, 0.4) is 0 Å². The molecule has 1 unspecified atom stereocenters. The van der Waals surface area contributed by atoms with Gasteiger partial charge < -0.3 is 5.73 Å². The molecule has 0 heterocycles. The molecule has 0 aliphatic rings. The molecular weight excluding hydrogens is 267 g/mol. The second-order valence-electron chi connectivity index (χ2n) is 5.18. The van der Waals surface area contributed by atoms with E-state index in [1.54, 1.807) is 0 Å². The molecule has 0 aliphatic carbocycles. The van der Waals surface area contributed by atoms with Gasteiger partial charge in [0.15, 0.2) is 0 Å². The Morgan fingerprint density at radius 1 is 1.26 bits per heavy atom. The molecule has 0 amide bonds. The van der Waals surface area contributed by atoms with E-state index in [9.17, 15) is 12.8 Å². The second-order valence-corrected chi connectivity index (χ2v) is 6.89. The average Bonchev–Trinajstić information content (AvgIpc) is 2.29. The molecule has 0 saturated carbocycles. The molecule has 19 heavy (non-hydrogen) atoms. The van der Waals surface area contributed by atoms with Crippen LogP contribution in [0.25, 0.3) is 0 Å². The van der Waals surface area contributed by atoms with E-state index in [4.69, 9.17) is 5.73 Å². The Morgan fingerprint density at radius 3 is 2.42 bits per heavy atom. The summed E-state index contributed by atoms with van der Waals surface area (Å²) in [7, 11) is -3.64. The number of nitrogen functional groups attached to an aromatic ring is 1. The first-order valence-electron chi connectivity index (χ1n) is 6.29. The summed E-state index contributed by atoms with van der Waals surface area (Å²) < 4.78 is 39.7. The molecule has 1 atom stereocenters. The van der Waals surface area contributed by atoms with Crippen molar-refractivity contribution in [2.75, 3.05) is 5.73 Å². The van der Waals surface area contributed by atoms with Crippen LogP contribution in [-0.2, 0) is 10.0 Å². The van der Waals surface area contributed by atoms with Crippen molar-refractivity contribution >= 4 is 15.7 Å². The fraction of sp³-hybridized carbons (Fsp3) is 0.538. The second kappa shape index (κ2) is 6.34. The summed E-state index contributed by atoms with van der Waals surface area (Å²) in [5, 5.41) is 0. The van der Waals surface area contributed by atoms with Crippen LogP contribution in [0.5, 0.6) is 0 Å². The van der Waals surface area contributed by atoms with Crippen LogP contribution in [0.2, 0.25) is 0 Å². The highest BCUT2D eigenvalue weighted by molar-refractivity contribution is 7.89. The number of halogens is 1. The number of nitrogens with one attached hydrogen (secondary N) is 1. The third-order valence-electron chi connectivity index (χ3n) is 2.81. The zero-order valence-electron chi connectivity index (χ0n) is 11.5. The zero-order valence-corrected chi connectivity index (χ0v) is 12.3. The van der Waals surface area contributed by atoms with Crippen LogP contribution in [-0.4, -0.2) is 14.5 Å². The Balaban J connectivity index is 2.77. The lowest BCUT2D eigenvalue weighted by Gasteiger charge is -2.15. The smallest absolute Gasteiger partial charge is 0.240 e. The molecule has 1 aromatic carbocycles. The van der Waals surface area contributed by atoms with Crippen molar-refractivity contribution in [3.63, 3.8) is 0 Å². The molecule has 0 spiro atoms. The van der Waals surface area contributed by atoms with E-state index in [0.717, 1.165) is 25.0 Å². The standard InChI is InChI=1S/C13H21FN2O2S/c1-9(2)4-5-10(3)16-19(17,18)11-6-7-12(14)13(15)8-11/h6-10,16H,4-5,15H2,1-3H3. The zero-order chi connectivity index (χ0) is 14.6. The number of rotatable bonds is 6. The first-order valence-corrected chi connectivity index (χ1v) is 7.78. The van der Waals surface area contributed by atoms with Crippen molar-refractivity contribution < 1.29 is 12.8 Å². The molecular formula is C13H21FN2O2S. The van der Waals surface area contributed by atoms with Gasteiger partial charge in [0.1, 0.15) is 5.82 Å².